The smallest absolute Gasteiger partial charge is 0.246 e. The fraction of sp³-hybridized carbons (Fsp3) is 0.600. The molecule has 0 radical (unpaired) electrons. The molecule has 0 spiro atoms. The van der Waals surface area contributed by atoms with E-state index in [1.807, 2.05) is 0 Å². The van der Waals surface area contributed by atoms with E-state index in [1.165, 1.54) is 28.9 Å². The van der Waals surface area contributed by atoms with Gasteiger partial charge in [-0.25, -0.2) is 12.8 Å². The van der Waals surface area contributed by atoms with Crippen molar-refractivity contribution in [1.82, 2.24) is 4.31 Å². The number of halogens is 1. The first kappa shape index (κ1) is 14.9. The van der Waals surface area contributed by atoms with Crippen molar-refractivity contribution in [2.45, 2.75) is 49.6 Å². The molecule has 2 N–H and O–H groups in total. The zero-order valence-corrected chi connectivity index (χ0v) is 12.8. The summed E-state index contributed by atoms with van der Waals surface area (Å²) >= 11 is 0. The van der Waals surface area contributed by atoms with Crippen molar-refractivity contribution in [1.29, 1.82) is 0 Å². The monoisotopic (exact) mass is 312 g/mol. The van der Waals surface area contributed by atoms with Gasteiger partial charge in [0.05, 0.1) is 0 Å². The van der Waals surface area contributed by atoms with Crippen LogP contribution in [0.15, 0.2) is 23.1 Å². The number of rotatable bonds is 3. The fourth-order valence-electron chi connectivity index (χ4n) is 3.66. The van der Waals surface area contributed by atoms with Crippen LogP contribution < -0.4 is 5.73 Å². The zero-order chi connectivity index (χ0) is 15.0. The van der Waals surface area contributed by atoms with Gasteiger partial charge in [0.15, 0.2) is 0 Å². The van der Waals surface area contributed by atoms with Crippen molar-refractivity contribution < 1.29 is 12.8 Å². The standard InChI is InChI=1S/C15H21FN2O2S/c16-13-6-5-11(10-17)9-15(13)21(19,20)18-8-7-12-3-1-2-4-14(12)18/h5-6,9,12,14H,1-4,7-8,10,17H2. The Morgan fingerprint density at radius 2 is 2.00 bits per heavy atom. The Balaban J connectivity index is 1.97. The quantitative estimate of drug-likeness (QED) is 0.931. The molecule has 2 unspecified atom stereocenters. The predicted molar refractivity (Wildman–Crippen MR) is 78.5 cm³/mol. The van der Waals surface area contributed by atoms with Crippen molar-refractivity contribution in [2.75, 3.05) is 6.54 Å². The number of nitrogens with zero attached hydrogens (tertiary/aromatic N) is 1. The van der Waals surface area contributed by atoms with Crippen molar-refractivity contribution in [3.63, 3.8) is 0 Å². The molecule has 0 aromatic heterocycles. The Labute approximate surface area is 125 Å². The molecule has 1 saturated heterocycles. The second-order valence-corrected chi connectivity index (χ2v) is 7.84. The predicted octanol–water partition coefficient (Wildman–Crippen LogP) is 2.24. The number of nitrogens with two attached hydrogens (primary N) is 1. The van der Waals surface area contributed by atoms with Gasteiger partial charge in [-0.1, -0.05) is 18.9 Å². The van der Waals surface area contributed by atoms with E-state index in [4.69, 9.17) is 5.73 Å². The Morgan fingerprint density at radius 1 is 1.24 bits per heavy atom. The van der Waals surface area contributed by atoms with Gasteiger partial charge in [-0.15, -0.1) is 0 Å². The van der Waals surface area contributed by atoms with Crippen LogP contribution in [0.5, 0.6) is 0 Å². The molecule has 4 nitrogen and oxygen atoms in total. The minimum Gasteiger partial charge on any atom is -0.326 e. The van der Waals surface area contributed by atoms with E-state index in [2.05, 4.69) is 0 Å². The first-order chi connectivity index (χ1) is 10.0. The molecule has 6 heteroatoms. The average molecular weight is 312 g/mol. The van der Waals surface area contributed by atoms with Crippen LogP contribution in [0, 0.1) is 11.7 Å². The number of fused-ring (bicyclic) bond motifs is 1. The van der Waals surface area contributed by atoms with Crippen LogP contribution in [-0.2, 0) is 16.6 Å². The zero-order valence-electron chi connectivity index (χ0n) is 12.0. The maximum absolute atomic E-state index is 14.0. The SMILES string of the molecule is NCc1ccc(F)c(S(=O)(=O)N2CCC3CCCCC32)c1. The van der Waals surface area contributed by atoms with Crippen LogP contribution in [0.4, 0.5) is 4.39 Å². The van der Waals surface area contributed by atoms with Crippen LogP contribution in [0.3, 0.4) is 0 Å². The maximum Gasteiger partial charge on any atom is 0.246 e. The molecule has 1 aliphatic heterocycles. The Hall–Kier alpha value is -0.980. The van der Waals surface area contributed by atoms with Gasteiger partial charge in [-0.2, -0.15) is 4.31 Å². The molecule has 0 amide bonds. The Kier molecular flexibility index (Phi) is 4.03. The molecule has 116 valence electrons. The largest absolute Gasteiger partial charge is 0.326 e. The molecular formula is C15H21FN2O2S. The summed E-state index contributed by atoms with van der Waals surface area (Å²) in [7, 11) is -3.77. The van der Waals surface area contributed by atoms with E-state index in [0.29, 0.717) is 18.0 Å². The first-order valence-electron chi connectivity index (χ1n) is 7.54. The summed E-state index contributed by atoms with van der Waals surface area (Å²) in [4.78, 5) is -0.225. The van der Waals surface area contributed by atoms with E-state index in [9.17, 15) is 12.8 Å². The summed E-state index contributed by atoms with van der Waals surface area (Å²) in [6.07, 6.45) is 5.09. The fourth-order valence-corrected chi connectivity index (χ4v) is 5.51. The van der Waals surface area contributed by atoms with E-state index in [0.717, 1.165) is 25.7 Å². The van der Waals surface area contributed by atoms with E-state index in [1.54, 1.807) is 0 Å². The van der Waals surface area contributed by atoms with Crippen LogP contribution in [-0.4, -0.2) is 25.3 Å². The lowest BCUT2D eigenvalue weighted by Crippen LogP contribution is -2.39. The Morgan fingerprint density at radius 3 is 2.76 bits per heavy atom. The lowest BCUT2D eigenvalue weighted by Gasteiger charge is -2.31. The van der Waals surface area contributed by atoms with Crippen LogP contribution in [0.1, 0.15) is 37.7 Å². The number of hydrogen-bond acceptors (Lipinski definition) is 3. The van der Waals surface area contributed by atoms with E-state index >= 15 is 0 Å². The van der Waals surface area contributed by atoms with Crippen molar-refractivity contribution in [2.24, 2.45) is 11.7 Å². The summed E-state index contributed by atoms with van der Waals surface area (Å²) in [6, 6.07) is 4.15. The van der Waals surface area contributed by atoms with Gasteiger partial charge in [-0.3, -0.25) is 0 Å². The highest BCUT2D eigenvalue weighted by molar-refractivity contribution is 7.89. The van der Waals surface area contributed by atoms with Gasteiger partial charge in [-0.05, 0) is 42.9 Å². The highest BCUT2D eigenvalue weighted by Crippen LogP contribution is 2.39. The molecular weight excluding hydrogens is 291 g/mol. The number of hydrogen-bond donors (Lipinski definition) is 1. The van der Waals surface area contributed by atoms with Gasteiger partial charge in [0.25, 0.3) is 0 Å². The lowest BCUT2D eigenvalue weighted by atomic mass is 9.86. The lowest BCUT2D eigenvalue weighted by molar-refractivity contribution is 0.260. The highest BCUT2D eigenvalue weighted by Gasteiger charge is 2.43. The topological polar surface area (TPSA) is 63.4 Å². The van der Waals surface area contributed by atoms with Crippen molar-refractivity contribution in [3.05, 3.63) is 29.6 Å². The third-order valence-corrected chi connectivity index (χ3v) is 6.72. The first-order valence-corrected chi connectivity index (χ1v) is 8.98. The third-order valence-electron chi connectivity index (χ3n) is 4.78. The summed E-state index contributed by atoms with van der Waals surface area (Å²) in [5.41, 5.74) is 6.17. The molecule has 2 atom stereocenters. The van der Waals surface area contributed by atoms with Gasteiger partial charge in [0.2, 0.25) is 10.0 Å². The molecule has 2 fully saturated rings. The second-order valence-electron chi connectivity index (χ2n) is 5.99. The molecule has 0 bridgehead atoms. The molecule has 21 heavy (non-hydrogen) atoms. The minimum atomic E-state index is -3.77. The molecule has 1 aromatic carbocycles. The summed E-state index contributed by atoms with van der Waals surface area (Å²) in [6.45, 7) is 0.707. The molecule has 3 rings (SSSR count). The summed E-state index contributed by atoms with van der Waals surface area (Å²) in [5, 5.41) is 0. The van der Waals surface area contributed by atoms with Crippen molar-refractivity contribution >= 4 is 10.0 Å². The molecule has 1 saturated carbocycles. The summed E-state index contributed by atoms with van der Waals surface area (Å²) < 4.78 is 41.2. The number of benzene rings is 1. The molecule has 1 aromatic rings. The Bertz CT molecular complexity index is 633. The normalized spacial score (nSPS) is 26.8. The van der Waals surface area contributed by atoms with Crippen molar-refractivity contribution in [3.8, 4) is 0 Å². The second kappa shape index (κ2) is 5.66. The van der Waals surface area contributed by atoms with Gasteiger partial charge >= 0.3 is 0 Å². The van der Waals surface area contributed by atoms with E-state index < -0.39 is 15.8 Å². The van der Waals surface area contributed by atoms with Crippen LogP contribution in [0.2, 0.25) is 0 Å². The van der Waals surface area contributed by atoms with Gasteiger partial charge in [0.1, 0.15) is 10.7 Å². The minimum absolute atomic E-state index is 0.0460. The molecule has 1 heterocycles. The molecule has 1 aliphatic carbocycles. The maximum atomic E-state index is 14.0. The average Bonchev–Trinajstić information content (AvgIpc) is 2.92. The molecule has 2 aliphatic rings. The summed E-state index contributed by atoms with van der Waals surface area (Å²) in [5.74, 6) is -0.249. The van der Waals surface area contributed by atoms with E-state index in [-0.39, 0.29) is 17.5 Å². The van der Waals surface area contributed by atoms with Gasteiger partial charge < -0.3 is 5.73 Å². The number of sulfonamides is 1. The highest BCUT2D eigenvalue weighted by atomic mass is 32.2. The third kappa shape index (κ3) is 2.60. The van der Waals surface area contributed by atoms with Crippen LogP contribution in [0.25, 0.3) is 0 Å². The van der Waals surface area contributed by atoms with Gasteiger partial charge in [0, 0.05) is 19.1 Å². The van der Waals surface area contributed by atoms with Crippen LogP contribution >= 0.6 is 0 Å².